The van der Waals surface area contributed by atoms with Gasteiger partial charge in [-0.3, -0.25) is 4.90 Å². The van der Waals surface area contributed by atoms with Crippen molar-refractivity contribution >= 4 is 36.4 Å². The highest BCUT2D eigenvalue weighted by atomic mass is 35.5. The first kappa shape index (κ1) is 16.9. The van der Waals surface area contributed by atoms with Gasteiger partial charge in [-0.25, -0.2) is 4.39 Å². The maximum absolute atomic E-state index is 13.5. The van der Waals surface area contributed by atoms with Gasteiger partial charge in [0.05, 0.1) is 0 Å². The zero-order valence-corrected chi connectivity index (χ0v) is 11.7. The Kier molecular flexibility index (Phi) is 8.09. The Labute approximate surface area is 118 Å². The lowest BCUT2D eigenvalue weighted by molar-refractivity contribution is 0.230. The molecule has 0 atom stereocenters. The molecule has 0 bridgehead atoms. The maximum atomic E-state index is 13.5. The number of hydrogen-bond acceptors (Lipinski definition) is 2. The lowest BCUT2D eigenvalue weighted by Gasteiger charge is -2.27. The fourth-order valence-electron chi connectivity index (χ4n) is 1.78. The summed E-state index contributed by atoms with van der Waals surface area (Å²) in [5, 5.41) is 3.78. The predicted molar refractivity (Wildman–Crippen MR) is 74.1 cm³/mol. The molecule has 0 aliphatic carbocycles. The van der Waals surface area contributed by atoms with E-state index in [1.165, 1.54) is 6.07 Å². The molecule has 1 fully saturated rings. The minimum Gasteiger partial charge on any atom is -0.314 e. The van der Waals surface area contributed by atoms with Gasteiger partial charge in [-0.1, -0.05) is 17.7 Å². The van der Waals surface area contributed by atoms with Crippen LogP contribution in [0.5, 0.6) is 0 Å². The molecular formula is C11H16Cl3FN2. The first-order valence-corrected chi connectivity index (χ1v) is 5.51. The molecule has 1 N–H and O–H groups in total. The van der Waals surface area contributed by atoms with E-state index < -0.39 is 0 Å². The minimum absolute atomic E-state index is 0. The van der Waals surface area contributed by atoms with Crippen molar-refractivity contribution < 1.29 is 4.39 Å². The summed E-state index contributed by atoms with van der Waals surface area (Å²) >= 11 is 5.97. The highest BCUT2D eigenvalue weighted by molar-refractivity contribution is 6.31. The van der Waals surface area contributed by atoms with E-state index in [-0.39, 0.29) is 30.6 Å². The van der Waals surface area contributed by atoms with Crippen molar-refractivity contribution in [3.05, 3.63) is 34.6 Å². The molecule has 6 heteroatoms. The molecule has 0 radical (unpaired) electrons. The molecule has 0 saturated carbocycles. The SMILES string of the molecule is Cl.Cl.Fc1cccc(Cl)c1CN1CCNCC1. The zero-order chi connectivity index (χ0) is 10.7. The number of hydrogen-bond donors (Lipinski definition) is 1. The van der Waals surface area contributed by atoms with Crippen molar-refractivity contribution in [2.75, 3.05) is 26.2 Å². The molecule has 17 heavy (non-hydrogen) atoms. The summed E-state index contributed by atoms with van der Waals surface area (Å²) in [5.41, 5.74) is 0.612. The summed E-state index contributed by atoms with van der Waals surface area (Å²) in [4.78, 5) is 2.21. The van der Waals surface area contributed by atoms with Crippen LogP contribution in [0.3, 0.4) is 0 Å². The van der Waals surface area contributed by atoms with E-state index in [0.717, 1.165) is 26.2 Å². The Bertz CT molecular complexity index is 323. The highest BCUT2D eigenvalue weighted by Gasteiger charge is 2.14. The fraction of sp³-hybridized carbons (Fsp3) is 0.455. The number of benzene rings is 1. The summed E-state index contributed by atoms with van der Waals surface area (Å²) < 4.78 is 13.5. The summed E-state index contributed by atoms with van der Waals surface area (Å²) in [5.74, 6) is -0.207. The molecule has 1 heterocycles. The molecular weight excluding hydrogens is 285 g/mol. The lowest BCUT2D eigenvalue weighted by Crippen LogP contribution is -2.43. The van der Waals surface area contributed by atoms with Crippen LogP contribution in [0.15, 0.2) is 18.2 Å². The van der Waals surface area contributed by atoms with Crippen molar-refractivity contribution in [1.29, 1.82) is 0 Å². The van der Waals surface area contributed by atoms with Gasteiger partial charge in [0.2, 0.25) is 0 Å². The van der Waals surface area contributed by atoms with Crippen molar-refractivity contribution in [2.45, 2.75) is 6.54 Å². The predicted octanol–water partition coefficient (Wildman–Crippen LogP) is 2.73. The Hall–Kier alpha value is -0.0600. The molecule has 1 aromatic rings. The van der Waals surface area contributed by atoms with Crippen LogP contribution in [0.25, 0.3) is 0 Å². The molecule has 2 rings (SSSR count). The van der Waals surface area contributed by atoms with Crippen molar-refractivity contribution in [3.63, 3.8) is 0 Å². The van der Waals surface area contributed by atoms with E-state index in [4.69, 9.17) is 11.6 Å². The summed E-state index contributed by atoms with van der Waals surface area (Å²) in [7, 11) is 0. The molecule has 0 unspecified atom stereocenters. The Morgan fingerprint density at radius 1 is 1.24 bits per heavy atom. The summed E-state index contributed by atoms with van der Waals surface area (Å²) in [6, 6.07) is 4.84. The van der Waals surface area contributed by atoms with E-state index in [9.17, 15) is 4.39 Å². The Morgan fingerprint density at radius 3 is 2.47 bits per heavy atom. The van der Waals surface area contributed by atoms with Crippen molar-refractivity contribution in [3.8, 4) is 0 Å². The molecule has 0 amide bonds. The normalized spacial score (nSPS) is 15.9. The third-order valence-electron chi connectivity index (χ3n) is 2.65. The first-order valence-electron chi connectivity index (χ1n) is 5.13. The number of nitrogens with one attached hydrogen (secondary N) is 1. The van der Waals surface area contributed by atoms with Crippen LogP contribution in [0, 0.1) is 5.82 Å². The molecule has 1 aliphatic heterocycles. The molecule has 0 aromatic heterocycles. The Balaban J connectivity index is 0.00000128. The van der Waals surface area contributed by atoms with Crippen LogP contribution >= 0.6 is 36.4 Å². The van der Waals surface area contributed by atoms with Crippen LogP contribution in [0.1, 0.15) is 5.56 Å². The Morgan fingerprint density at radius 2 is 1.88 bits per heavy atom. The average molecular weight is 302 g/mol. The van der Waals surface area contributed by atoms with Crippen LogP contribution in [-0.4, -0.2) is 31.1 Å². The monoisotopic (exact) mass is 300 g/mol. The zero-order valence-electron chi connectivity index (χ0n) is 9.29. The quantitative estimate of drug-likeness (QED) is 0.903. The number of nitrogens with zero attached hydrogens (tertiary/aromatic N) is 1. The van der Waals surface area contributed by atoms with Crippen LogP contribution in [-0.2, 0) is 6.54 Å². The second kappa shape index (κ2) is 8.11. The van der Waals surface area contributed by atoms with Gasteiger partial charge >= 0.3 is 0 Å². The maximum Gasteiger partial charge on any atom is 0.129 e. The van der Waals surface area contributed by atoms with Crippen LogP contribution in [0.4, 0.5) is 4.39 Å². The topological polar surface area (TPSA) is 15.3 Å². The van der Waals surface area contributed by atoms with E-state index >= 15 is 0 Å². The molecule has 0 spiro atoms. The van der Waals surface area contributed by atoms with Crippen molar-refractivity contribution in [1.82, 2.24) is 10.2 Å². The van der Waals surface area contributed by atoms with Gasteiger partial charge in [0.1, 0.15) is 5.82 Å². The van der Waals surface area contributed by atoms with Crippen LogP contribution < -0.4 is 5.32 Å². The largest absolute Gasteiger partial charge is 0.314 e. The van der Waals surface area contributed by atoms with Crippen LogP contribution in [0.2, 0.25) is 5.02 Å². The molecule has 98 valence electrons. The summed E-state index contributed by atoms with van der Waals surface area (Å²) in [6.45, 7) is 4.43. The standard InChI is InChI=1S/C11H14ClFN2.2ClH/c12-10-2-1-3-11(13)9(10)8-15-6-4-14-5-7-15;;/h1-3,14H,4-8H2;2*1H. The lowest BCUT2D eigenvalue weighted by atomic mass is 10.2. The third kappa shape index (κ3) is 4.60. The van der Waals surface area contributed by atoms with Gasteiger partial charge in [0.15, 0.2) is 0 Å². The molecule has 1 aliphatic rings. The van der Waals surface area contributed by atoms with Gasteiger partial charge in [0, 0.05) is 43.3 Å². The summed E-state index contributed by atoms with van der Waals surface area (Å²) in [6.07, 6.45) is 0. The molecule has 1 aromatic carbocycles. The van der Waals surface area contributed by atoms with E-state index in [1.54, 1.807) is 12.1 Å². The van der Waals surface area contributed by atoms with Gasteiger partial charge in [-0.2, -0.15) is 0 Å². The van der Waals surface area contributed by atoms with E-state index in [1.807, 2.05) is 0 Å². The minimum atomic E-state index is -0.207. The van der Waals surface area contributed by atoms with E-state index in [2.05, 4.69) is 10.2 Å². The highest BCUT2D eigenvalue weighted by Crippen LogP contribution is 2.20. The number of piperazine rings is 1. The van der Waals surface area contributed by atoms with Gasteiger partial charge in [-0.15, -0.1) is 24.8 Å². The average Bonchev–Trinajstić information content (AvgIpc) is 2.25. The van der Waals surface area contributed by atoms with Gasteiger partial charge in [-0.05, 0) is 12.1 Å². The number of rotatable bonds is 2. The fourth-order valence-corrected chi connectivity index (χ4v) is 2.00. The first-order chi connectivity index (χ1) is 7.27. The van der Waals surface area contributed by atoms with Gasteiger partial charge in [0.25, 0.3) is 0 Å². The second-order valence-electron chi connectivity index (χ2n) is 3.73. The smallest absolute Gasteiger partial charge is 0.129 e. The van der Waals surface area contributed by atoms with Gasteiger partial charge < -0.3 is 5.32 Å². The molecule has 1 saturated heterocycles. The van der Waals surface area contributed by atoms with Crippen molar-refractivity contribution in [2.24, 2.45) is 0 Å². The van der Waals surface area contributed by atoms with E-state index in [0.29, 0.717) is 17.1 Å². The molecule has 2 nitrogen and oxygen atoms in total. The third-order valence-corrected chi connectivity index (χ3v) is 3.01. The number of halogens is 4. The second-order valence-corrected chi connectivity index (χ2v) is 4.13.